The molecule has 0 heterocycles. The lowest BCUT2D eigenvalue weighted by Gasteiger charge is -2.15. The number of ether oxygens (including phenoxy) is 1. The summed E-state index contributed by atoms with van der Waals surface area (Å²) in [6.07, 6.45) is 0.185. The van der Waals surface area contributed by atoms with Crippen LogP contribution < -0.4 is 10.1 Å². The molecular weight excluding hydrogens is 254 g/mol. The van der Waals surface area contributed by atoms with Gasteiger partial charge in [-0.2, -0.15) is 0 Å². The Balaban J connectivity index is 2.61. The Morgan fingerprint density at radius 1 is 1.50 bits per heavy atom. The molecule has 0 fully saturated rings. The fraction of sp³-hybridized carbons (Fsp3) is 0.462. The largest absolute Gasteiger partial charge is 0.491 e. The number of aliphatic carboxylic acids is 1. The van der Waals surface area contributed by atoms with Gasteiger partial charge in [0.25, 0.3) is 0 Å². The lowest BCUT2D eigenvalue weighted by atomic mass is 10.2. The zero-order chi connectivity index (χ0) is 13.5. The van der Waals surface area contributed by atoms with Gasteiger partial charge < -0.3 is 15.2 Å². The number of carboxylic acid groups (broad SMARTS) is 1. The fourth-order valence-electron chi connectivity index (χ4n) is 1.47. The van der Waals surface area contributed by atoms with Crippen molar-refractivity contribution in [2.75, 3.05) is 6.54 Å². The van der Waals surface area contributed by atoms with Crippen LogP contribution in [0.3, 0.4) is 0 Å². The molecule has 0 aliphatic rings. The Hall–Kier alpha value is -1.26. The van der Waals surface area contributed by atoms with E-state index in [4.69, 9.17) is 21.4 Å². The topological polar surface area (TPSA) is 58.6 Å². The Morgan fingerprint density at radius 3 is 2.83 bits per heavy atom. The smallest absolute Gasteiger partial charge is 0.304 e. The van der Waals surface area contributed by atoms with Crippen molar-refractivity contribution < 1.29 is 14.6 Å². The normalized spacial score (nSPS) is 10.7. The molecule has 0 unspecified atom stereocenters. The fourth-order valence-corrected chi connectivity index (χ4v) is 1.67. The maximum atomic E-state index is 10.4. The molecule has 0 amide bonds. The SMILES string of the molecule is CC(C)Oc1ccc(Cl)cc1CNCCC(=O)O. The standard InChI is InChI=1S/C13H18ClNO3/c1-9(2)18-12-4-3-11(14)7-10(12)8-15-6-5-13(16)17/h3-4,7,9,15H,5-6,8H2,1-2H3,(H,16,17). The highest BCUT2D eigenvalue weighted by Crippen LogP contribution is 2.23. The number of nitrogens with one attached hydrogen (secondary N) is 1. The second kappa shape index (κ2) is 7.24. The molecule has 2 N–H and O–H groups in total. The average Bonchev–Trinajstić information content (AvgIpc) is 2.27. The molecule has 0 saturated carbocycles. The zero-order valence-electron chi connectivity index (χ0n) is 10.6. The third-order valence-corrected chi connectivity index (χ3v) is 2.45. The first-order valence-corrected chi connectivity index (χ1v) is 6.24. The van der Waals surface area contributed by atoms with E-state index in [0.717, 1.165) is 11.3 Å². The minimum atomic E-state index is -0.813. The summed E-state index contributed by atoms with van der Waals surface area (Å²) in [7, 11) is 0. The number of halogens is 1. The van der Waals surface area contributed by atoms with Crippen molar-refractivity contribution in [2.45, 2.75) is 32.9 Å². The summed E-state index contributed by atoms with van der Waals surface area (Å²) in [5.41, 5.74) is 0.932. The predicted octanol–water partition coefficient (Wildman–Crippen LogP) is 2.69. The molecule has 0 radical (unpaired) electrons. The molecule has 100 valence electrons. The number of hydrogen-bond acceptors (Lipinski definition) is 3. The first-order valence-electron chi connectivity index (χ1n) is 5.86. The van der Waals surface area contributed by atoms with Gasteiger partial charge in [0.1, 0.15) is 5.75 Å². The highest BCUT2D eigenvalue weighted by Gasteiger charge is 2.06. The van der Waals surface area contributed by atoms with Crippen LogP contribution in [0.1, 0.15) is 25.8 Å². The van der Waals surface area contributed by atoms with Gasteiger partial charge in [-0.25, -0.2) is 0 Å². The van der Waals surface area contributed by atoms with Gasteiger partial charge >= 0.3 is 5.97 Å². The highest BCUT2D eigenvalue weighted by atomic mass is 35.5. The number of hydrogen-bond donors (Lipinski definition) is 2. The summed E-state index contributed by atoms with van der Waals surface area (Å²) >= 11 is 5.94. The summed E-state index contributed by atoms with van der Waals surface area (Å²) in [6, 6.07) is 5.43. The van der Waals surface area contributed by atoms with Crippen LogP contribution in [0.25, 0.3) is 0 Å². The number of benzene rings is 1. The van der Waals surface area contributed by atoms with E-state index in [2.05, 4.69) is 5.32 Å². The van der Waals surface area contributed by atoms with E-state index in [1.54, 1.807) is 6.07 Å². The second-order valence-corrected chi connectivity index (χ2v) is 4.68. The molecule has 0 aliphatic heterocycles. The van der Waals surface area contributed by atoms with Gasteiger partial charge in [0.15, 0.2) is 0 Å². The Morgan fingerprint density at radius 2 is 2.22 bits per heavy atom. The minimum absolute atomic E-state index is 0.0870. The quantitative estimate of drug-likeness (QED) is 0.749. The summed E-state index contributed by atoms with van der Waals surface area (Å²) in [5.74, 6) is -0.0375. The van der Waals surface area contributed by atoms with E-state index < -0.39 is 5.97 Å². The summed E-state index contributed by atoms with van der Waals surface area (Å²) in [6.45, 7) is 4.87. The molecule has 0 spiro atoms. The average molecular weight is 272 g/mol. The molecule has 5 heteroatoms. The van der Waals surface area contributed by atoms with Gasteiger partial charge in [0.2, 0.25) is 0 Å². The molecule has 0 aliphatic carbocycles. The number of carbonyl (C=O) groups is 1. The summed E-state index contributed by atoms with van der Waals surface area (Å²) in [5, 5.41) is 12.2. The molecule has 1 rings (SSSR count). The number of carboxylic acids is 1. The van der Waals surface area contributed by atoms with Crippen LogP contribution in [0.2, 0.25) is 5.02 Å². The van der Waals surface area contributed by atoms with Crippen molar-refractivity contribution in [3.63, 3.8) is 0 Å². The van der Waals surface area contributed by atoms with E-state index in [1.165, 1.54) is 0 Å². The first-order chi connectivity index (χ1) is 8.49. The first kappa shape index (κ1) is 14.8. The van der Waals surface area contributed by atoms with Crippen LogP contribution in [0.4, 0.5) is 0 Å². The predicted molar refractivity (Wildman–Crippen MR) is 71.2 cm³/mol. The van der Waals surface area contributed by atoms with Crippen molar-refractivity contribution in [3.8, 4) is 5.75 Å². The van der Waals surface area contributed by atoms with Crippen LogP contribution in [0.15, 0.2) is 18.2 Å². The van der Waals surface area contributed by atoms with Gasteiger partial charge in [0.05, 0.1) is 12.5 Å². The van der Waals surface area contributed by atoms with E-state index in [1.807, 2.05) is 26.0 Å². The van der Waals surface area contributed by atoms with E-state index in [-0.39, 0.29) is 12.5 Å². The highest BCUT2D eigenvalue weighted by molar-refractivity contribution is 6.30. The van der Waals surface area contributed by atoms with E-state index in [0.29, 0.717) is 18.1 Å². The lowest BCUT2D eigenvalue weighted by molar-refractivity contribution is -0.136. The second-order valence-electron chi connectivity index (χ2n) is 4.24. The molecule has 1 aromatic carbocycles. The van der Waals surface area contributed by atoms with E-state index >= 15 is 0 Å². The molecule has 0 atom stereocenters. The van der Waals surface area contributed by atoms with Crippen molar-refractivity contribution in [2.24, 2.45) is 0 Å². The third kappa shape index (κ3) is 5.38. The Labute approximate surface area is 112 Å². The monoisotopic (exact) mass is 271 g/mol. The maximum absolute atomic E-state index is 10.4. The van der Waals surface area contributed by atoms with Gasteiger partial charge in [-0.3, -0.25) is 4.79 Å². The molecule has 0 bridgehead atoms. The van der Waals surface area contributed by atoms with Gasteiger partial charge in [0, 0.05) is 23.7 Å². The van der Waals surface area contributed by atoms with Gasteiger partial charge in [-0.05, 0) is 32.0 Å². The van der Waals surface area contributed by atoms with Crippen molar-refractivity contribution in [1.82, 2.24) is 5.32 Å². The summed E-state index contributed by atoms with van der Waals surface area (Å²) < 4.78 is 5.66. The molecule has 1 aromatic rings. The van der Waals surface area contributed by atoms with Crippen molar-refractivity contribution in [3.05, 3.63) is 28.8 Å². The summed E-state index contributed by atoms with van der Waals surface area (Å²) in [4.78, 5) is 10.4. The molecule has 4 nitrogen and oxygen atoms in total. The van der Waals surface area contributed by atoms with Crippen LogP contribution in [-0.4, -0.2) is 23.7 Å². The van der Waals surface area contributed by atoms with Crippen molar-refractivity contribution >= 4 is 17.6 Å². The maximum Gasteiger partial charge on any atom is 0.304 e. The van der Waals surface area contributed by atoms with Crippen LogP contribution in [0, 0.1) is 0 Å². The zero-order valence-corrected chi connectivity index (χ0v) is 11.3. The van der Waals surface area contributed by atoms with Crippen LogP contribution >= 0.6 is 11.6 Å². The molecule has 0 aromatic heterocycles. The van der Waals surface area contributed by atoms with Gasteiger partial charge in [-0.1, -0.05) is 11.6 Å². The third-order valence-electron chi connectivity index (χ3n) is 2.22. The molecule has 0 saturated heterocycles. The minimum Gasteiger partial charge on any atom is -0.491 e. The van der Waals surface area contributed by atoms with Crippen molar-refractivity contribution in [1.29, 1.82) is 0 Å². The Kier molecular flexibility index (Phi) is 5.95. The van der Waals surface area contributed by atoms with Crippen LogP contribution in [-0.2, 0) is 11.3 Å². The Bertz CT molecular complexity index is 407. The molecule has 18 heavy (non-hydrogen) atoms. The number of rotatable bonds is 7. The van der Waals surface area contributed by atoms with E-state index in [9.17, 15) is 4.79 Å². The van der Waals surface area contributed by atoms with Gasteiger partial charge in [-0.15, -0.1) is 0 Å². The molecular formula is C13H18ClNO3. The lowest BCUT2D eigenvalue weighted by Crippen LogP contribution is -2.18. The van der Waals surface area contributed by atoms with Crippen LogP contribution in [0.5, 0.6) is 5.75 Å².